The molecule has 0 saturated heterocycles. The Balaban J connectivity index is 2.01. The Morgan fingerprint density at radius 2 is 2.17 bits per heavy atom. The van der Waals surface area contributed by atoms with Gasteiger partial charge in [-0.15, -0.1) is 0 Å². The third-order valence-corrected chi connectivity index (χ3v) is 2.70. The maximum Gasteiger partial charge on any atom is 0.150 e. The van der Waals surface area contributed by atoms with Gasteiger partial charge in [0, 0.05) is 12.1 Å². The fourth-order valence-corrected chi connectivity index (χ4v) is 1.81. The van der Waals surface area contributed by atoms with Crippen molar-refractivity contribution >= 4 is 0 Å². The lowest BCUT2D eigenvalue weighted by Gasteiger charge is -2.14. The second kappa shape index (κ2) is 5.99. The van der Waals surface area contributed by atoms with E-state index in [9.17, 15) is 0 Å². The van der Waals surface area contributed by atoms with E-state index in [2.05, 4.69) is 16.5 Å². The third-order valence-electron chi connectivity index (χ3n) is 2.70. The first-order valence-corrected chi connectivity index (χ1v) is 5.87. The monoisotopic (exact) mass is 241 g/mol. The number of hydrogen-bond acceptors (Lipinski definition) is 4. The van der Waals surface area contributed by atoms with Crippen molar-refractivity contribution in [1.82, 2.24) is 10.5 Å². The van der Waals surface area contributed by atoms with Crippen molar-refractivity contribution < 1.29 is 4.52 Å². The van der Waals surface area contributed by atoms with Crippen molar-refractivity contribution in [3.8, 4) is 6.07 Å². The van der Waals surface area contributed by atoms with E-state index in [0.717, 1.165) is 17.0 Å². The van der Waals surface area contributed by atoms with Gasteiger partial charge in [0.25, 0.3) is 0 Å². The number of aromatic nitrogens is 1. The van der Waals surface area contributed by atoms with E-state index < -0.39 is 0 Å². The molecule has 4 nitrogen and oxygen atoms in total. The Labute approximate surface area is 106 Å². The molecular weight excluding hydrogens is 226 g/mol. The van der Waals surface area contributed by atoms with E-state index in [1.54, 1.807) is 0 Å². The first kappa shape index (κ1) is 12.3. The lowest BCUT2D eigenvalue weighted by molar-refractivity contribution is 0.361. The molecule has 0 aliphatic heterocycles. The zero-order valence-electron chi connectivity index (χ0n) is 10.3. The number of benzene rings is 1. The number of rotatable bonds is 5. The van der Waals surface area contributed by atoms with Gasteiger partial charge in [0.15, 0.2) is 5.76 Å². The molecule has 92 valence electrons. The van der Waals surface area contributed by atoms with Crippen LogP contribution >= 0.6 is 0 Å². The van der Waals surface area contributed by atoms with E-state index in [0.29, 0.717) is 13.0 Å². The lowest BCUT2D eigenvalue weighted by Crippen LogP contribution is -2.20. The molecule has 4 heteroatoms. The molecule has 0 amide bonds. The standard InChI is InChI=1S/C14H15N3O/c1-11-9-13(18-17-11)10-16-14(7-8-15)12-5-3-2-4-6-12/h2-6,9,14,16H,7,10H2,1H3. The summed E-state index contributed by atoms with van der Waals surface area (Å²) < 4.78 is 5.13. The average Bonchev–Trinajstić information content (AvgIpc) is 2.81. The van der Waals surface area contributed by atoms with Crippen LogP contribution in [0.25, 0.3) is 0 Å². The molecular formula is C14H15N3O. The molecule has 1 aromatic heterocycles. The first-order valence-electron chi connectivity index (χ1n) is 5.87. The minimum atomic E-state index is 0.0154. The molecule has 2 rings (SSSR count). The summed E-state index contributed by atoms with van der Waals surface area (Å²) in [5.41, 5.74) is 1.97. The van der Waals surface area contributed by atoms with Crippen LogP contribution in [-0.2, 0) is 6.54 Å². The number of nitrogens with one attached hydrogen (secondary N) is 1. The fraction of sp³-hybridized carbons (Fsp3) is 0.286. The van der Waals surface area contributed by atoms with Crippen molar-refractivity contribution in [2.24, 2.45) is 0 Å². The first-order chi connectivity index (χ1) is 8.79. The van der Waals surface area contributed by atoms with Gasteiger partial charge in [0.2, 0.25) is 0 Å². The van der Waals surface area contributed by atoms with Crippen LogP contribution in [0.1, 0.15) is 29.5 Å². The number of aryl methyl sites for hydroxylation is 1. The van der Waals surface area contributed by atoms with Crippen LogP contribution in [0.15, 0.2) is 40.9 Å². The maximum atomic E-state index is 8.87. The summed E-state index contributed by atoms with van der Waals surface area (Å²) in [5.74, 6) is 0.784. The SMILES string of the molecule is Cc1cc(CNC(CC#N)c2ccccc2)on1. The minimum Gasteiger partial charge on any atom is -0.360 e. The van der Waals surface area contributed by atoms with Crippen molar-refractivity contribution in [3.63, 3.8) is 0 Å². The van der Waals surface area contributed by atoms with Crippen LogP contribution in [0.4, 0.5) is 0 Å². The molecule has 1 aromatic carbocycles. The molecule has 0 saturated carbocycles. The van der Waals surface area contributed by atoms with Crippen LogP contribution in [0.5, 0.6) is 0 Å². The van der Waals surface area contributed by atoms with E-state index >= 15 is 0 Å². The number of nitrogens with zero attached hydrogens (tertiary/aromatic N) is 2. The molecule has 0 aliphatic rings. The molecule has 2 aromatic rings. The molecule has 0 spiro atoms. The Bertz CT molecular complexity index is 527. The smallest absolute Gasteiger partial charge is 0.150 e. The number of hydrogen-bond donors (Lipinski definition) is 1. The highest BCUT2D eigenvalue weighted by Crippen LogP contribution is 2.16. The maximum absolute atomic E-state index is 8.87. The predicted octanol–water partition coefficient (Wildman–Crippen LogP) is 2.73. The largest absolute Gasteiger partial charge is 0.360 e. The molecule has 1 heterocycles. The summed E-state index contributed by atoms with van der Waals surface area (Å²) in [6.45, 7) is 2.46. The molecule has 1 N–H and O–H groups in total. The van der Waals surface area contributed by atoms with E-state index in [1.165, 1.54) is 0 Å². The zero-order valence-corrected chi connectivity index (χ0v) is 10.3. The minimum absolute atomic E-state index is 0.0154. The summed E-state index contributed by atoms with van der Waals surface area (Å²) in [7, 11) is 0. The fourth-order valence-electron chi connectivity index (χ4n) is 1.81. The highest BCUT2D eigenvalue weighted by atomic mass is 16.5. The Hall–Kier alpha value is -2.12. The van der Waals surface area contributed by atoms with Crippen LogP contribution in [-0.4, -0.2) is 5.16 Å². The summed E-state index contributed by atoms with van der Waals surface area (Å²) in [6, 6.07) is 14.0. The van der Waals surface area contributed by atoms with Gasteiger partial charge in [-0.1, -0.05) is 35.5 Å². The third kappa shape index (κ3) is 3.19. The highest BCUT2D eigenvalue weighted by molar-refractivity contribution is 5.20. The second-order valence-corrected chi connectivity index (χ2v) is 4.14. The Kier molecular flexibility index (Phi) is 4.11. The van der Waals surface area contributed by atoms with Gasteiger partial charge in [-0.05, 0) is 12.5 Å². The van der Waals surface area contributed by atoms with Gasteiger partial charge < -0.3 is 9.84 Å². The number of nitriles is 1. The predicted molar refractivity (Wildman–Crippen MR) is 67.5 cm³/mol. The van der Waals surface area contributed by atoms with E-state index in [-0.39, 0.29) is 6.04 Å². The summed E-state index contributed by atoms with van der Waals surface area (Å²) in [6.07, 6.45) is 0.428. The molecule has 0 radical (unpaired) electrons. The van der Waals surface area contributed by atoms with Gasteiger partial charge in [-0.25, -0.2) is 0 Å². The van der Waals surface area contributed by atoms with Crippen molar-refractivity contribution in [2.45, 2.75) is 25.9 Å². The van der Waals surface area contributed by atoms with Gasteiger partial charge in [0.05, 0.1) is 24.7 Å². The van der Waals surface area contributed by atoms with Crippen LogP contribution in [0.2, 0.25) is 0 Å². The van der Waals surface area contributed by atoms with E-state index in [4.69, 9.17) is 9.78 Å². The molecule has 18 heavy (non-hydrogen) atoms. The van der Waals surface area contributed by atoms with Crippen LogP contribution in [0.3, 0.4) is 0 Å². The molecule has 0 bridgehead atoms. The molecule has 1 unspecified atom stereocenters. The van der Waals surface area contributed by atoms with Crippen molar-refractivity contribution in [3.05, 3.63) is 53.4 Å². The zero-order chi connectivity index (χ0) is 12.8. The Morgan fingerprint density at radius 1 is 1.39 bits per heavy atom. The summed E-state index contributed by atoms with van der Waals surface area (Å²) in [5, 5.41) is 16.0. The van der Waals surface area contributed by atoms with Crippen molar-refractivity contribution in [1.29, 1.82) is 5.26 Å². The lowest BCUT2D eigenvalue weighted by atomic mass is 10.0. The highest BCUT2D eigenvalue weighted by Gasteiger charge is 2.11. The van der Waals surface area contributed by atoms with Gasteiger partial charge in [-0.2, -0.15) is 5.26 Å². The second-order valence-electron chi connectivity index (χ2n) is 4.14. The normalized spacial score (nSPS) is 12.0. The van der Waals surface area contributed by atoms with Gasteiger partial charge in [-0.3, -0.25) is 0 Å². The topological polar surface area (TPSA) is 61.9 Å². The van der Waals surface area contributed by atoms with Gasteiger partial charge >= 0.3 is 0 Å². The molecule has 0 aliphatic carbocycles. The van der Waals surface area contributed by atoms with Crippen LogP contribution in [0, 0.1) is 18.3 Å². The van der Waals surface area contributed by atoms with Crippen LogP contribution < -0.4 is 5.32 Å². The molecule has 0 fully saturated rings. The average molecular weight is 241 g/mol. The van der Waals surface area contributed by atoms with Crippen molar-refractivity contribution in [2.75, 3.05) is 0 Å². The Morgan fingerprint density at radius 3 is 2.78 bits per heavy atom. The molecule has 1 atom stereocenters. The van der Waals surface area contributed by atoms with E-state index in [1.807, 2.05) is 43.3 Å². The van der Waals surface area contributed by atoms with Gasteiger partial charge in [0.1, 0.15) is 0 Å². The summed E-state index contributed by atoms with van der Waals surface area (Å²) in [4.78, 5) is 0. The quantitative estimate of drug-likeness (QED) is 0.874. The summed E-state index contributed by atoms with van der Waals surface area (Å²) >= 11 is 0.